The summed E-state index contributed by atoms with van der Waals surface area (Å²) in [6, 6.07) is 3.35. The predicted octanol–water partition coefficient (Wildman–Crippen LogP) is 2.78. The van der Waals surface area contributed by atoms with Crippen LogP contribution in [0.3, 0.4) is 0 Å². The molecule has 0 saturated heterocycles. The summed E-state index contributed by atoms with van der Waals surface area (Å²) < 4.78 is 11.4. The lowest BCUT2D eigenvalue weighted by molar-refractivity contribution is -0.115. The predicted molar refractivity (Wildman–Crippen MR) is 84.4 cm³/mol. The lowest BCUT2D eigenvalue weighted by Crippen LogP contribution is -2.19. The van der Waals surface area contributed by atoms with Gasteiger partial charge < -0.3 is 14.1 Å². The first-order chi connectivity index (χ1) is 9.96. The Morgan fingerprint density at radius 3 is 2.29 bits per heavy atom. The molecule has 1 fully saturated rings. The molecule has 0 N–H and O–H groups in total. The molecule has 118 valence electrons. The molecule has 1 aliphatic carbocycles. The first kappa shape index (κ1) is 17.9. The standard InChI is InChI=1S/C12H15BrO3.C3H7NO/c1-15-10-4-2-8(3-5-10)11-6-9(13)7-12(14)16-11;1-4(2)3-5/h6-8,10H,2-5H2,1H3;3H,1-2H3. The van der Waals surface area contributed by atoms with Crippen molar-refractivity contribution < 1.29 is 13.9 Å². The van der Waals surface area contributed by atoms with Gasteiger partial charge in [-0.1, -0.05) is 15.9 Å². The first-order valence-electron chi connectivity index (χ1n) is 6.91. The summed E-state index contributed by atoms with van der Waals surface area (Å²) in [6.07, 6.45) is 5.25. The van der Waals surface area contributed by atoms with Gasteiger partial charge in [0, 0.05) is 37.7 Å². The van der Waals surface area contributed by atoms with Gasteiger partial charge in [0.2, 0.25) is 6.41 Å². The van der Waals surface area contributed by atoms with E-state index in [-0.39, 0.29) is 5.63 Å². The van der Waals surface area contributed by atoms with Crippen LogP contribution in [0.25, 0.3) is 0 Å². The molecular formula is C15H22BrNO4. The highest BCUT2D eigenvalue weighted by Gasteiger charge is 2.24. The maximum atomic E-state index is 11.3. The second-order valence-electron chi connectivity index (χ2n) is 5.28. The summed E-state index contributed by atoms with van der Waals surface area (Å²) >= 11 is 3.32. The van der Waals surface area contributed by atoms with Crippen LogP contribution >= 0.6 is 15.9 Å². The third kappa shape index (κ3) is 6.44. The Labute approximate surface area is 133 Å². The van der Waals surface area contributed by atoms with Crippen LogP contribution in [0.2, 0.25) is 0 Å². The summed E-state index contributed by atoms with van der Waals surface area (Å²) in [4.78, 5) is 22.1. The van der Waals surface area contributed by atoms with E-state index in [4.69, 9.17) is 9.15 Å². The third-order valence-corrected chi connectivity index (χ3v) is 3.83. The van der Waals surface area contributed by atoms with Gasteiger partial charge >= 0.3 is 5.63 Å². The second-order valence-corrected chi connectivity index (χ2v) is 6.19. The summed E-state index contributed by atoms with van der Waals surface area (Å²) in [6.45, 7) is 0. The van der Waals surface area contributed by atoms with E-state index in [0.29, 0.717) is 12.0 Å². The smallest absolute Gasteiger partial charge is 0.336 e. The van der Waals surface area contributed by atoms with Gasteiger partial charge in [0.05, 0.1) is 6.10 Å². The molecule has 0 spiro atoms. The van der Waals surface area contributed by atoms with Crippen molar-refractivity contribution in [3.63, 3.8) is 0 Å². The molecule has 0 bridgehead atoms. The zero-order valence-electron chi connectivity index (χ0n) is 12.7. The molecule has 1 aromatic rings. The van der Waals surface area contributed by atoms with E-state index in [0.717, 1.165) is 42.3 Å². The minimum absolute atomic E-state index is 0.279. The Balaban J connectivity index is 0.000000383. The quantitative estimate of drug-likeness (QED) is 0.778. The lowest BCUT2D eigenvalue weighted by atomic mass is 9.85. The Morgan fingerprint density at radius 2 is 1.86 bits per heavy atom. The van der Waals surface area contributed by atoms with Gasteiger partial charge in [-0.2, -0.15) is 0 Å². The molecule has 1 aromatic heterocycles. The summed E-state index contributed by atoms with van der Waals surface area (Å²) in [7, 11) is 5.13. The van der Waals surface area contributed by atoms with Gasteiger partial charge in [-0.25, -0.2) is 4.79 Å². The molecule has 21 heavy (non-hydrogen) atoms. The molecule has 0 aliphatic heterocycles. The molecule has 1 saturated carbocycles. The number of hydrogen-bond acceptors (Lipinski definition) is 4. The van der Waals surface area contributed by atoms with Crippen molar-refractivity contribution in [2.75, 3.05) is 21.2 Å². The molecule has 2 rings (SSSR count). The van der Waals surface area contributed by atoms with Crippen LogP contribution < -0.4 is 5.63 Å². The SMILES string of the molecule is CN(C)C=O.COC1CCC(c2cc(Br)cc(=O)o2)CC1. The number of hydrogen-bond donors (Lipinski definition) is 0. The molecule has 1 aliphatic rings. The Morgan fingerprint density at radius 1 is 1.29 bits per heavy atom. The molecule has 1 amide bonds. The van der Waals surface area contributed by atoms with Crippen LogP contribution in [0, 0.1) is 0 Å². The van der Waals surface area contributed by atoms with Gasteiger partial charge in [-0.15, -0.1) is 0 Å². The largest absolute Gasteiger partial charge is 0.428 e. The first-order valence-corrected chi connectivity index (χ1v) is 7.70. The van der Waals surface area contributed by atoms with Crippen LogP contribution in [-0.2, 0) is 9.53 Å². The summed E-state index contributed by atoms with van der Waals surface area (Å²) in [5, 5.41) is 0. The molecule has 0 aromatic carbocycles. The maximum Gasteiger partial charge on any atom is 0.336 e. The minimum atomic E-state index is -0.279. The van der Waals surface area contributed by atoms with E-state index in [1.807, 2.05) is 6.07 Å². The molecule has 0 atom stereocenters. The van der Waals surface area contributed by atoms with Crippen LogP contribution in [0.15, 0.2) is 25.8 Å². The van der Waals surface area contributed by atoms with Crippen molar-refractivity contribution in [3.8, 4) is 0 Å². The number of methoxy groups -OCH3 is 1. The van der Waals surface area contributed by atoms with Crippen LogP contribution in [0.1, 0.15) is 37.4 Å². The number of nitrogens with zero attached hydrogens (tertiary/aromatic N) is 1. The number of carbonyl (C=O) groups excluding carboxylic acids is 1. The molecule has 1 heterocycles. The number of halogens is 1. The van der Waals surface area contributed by atoms with Gasteiger partial charge in [0.25, 0.3) is 0 Å². The van der Waals surface area contributed by atoms with Crippen molar-refractivity contribution in [3.05, 3.63) is 32.8 Å². The second kappa shape index (κ2) is 9.00. The zero-order valence-corrected chi connectivity index (χ0v) is 14.3. The van der Waals surface area contributed by atoms with Crippen LogP contribution in [0.5, 0.6) is 0 Å². The van der Waals surface area contributed by atoms with Gasteiger partial charge in [0.15, 0.2) is 0 Å². The summed E-state index contributed by atoms with van der Waals surface area (Å²) in [5.41, 5.74) is -0.279. The molecule has 0 unspecified atom stereocenters. The van der Waals surface area contributed by atoms with Gasteiger partial charge in [-0.05, 0) is 31.7 Å². The fourth-order valence-electron chi connectivity index (χ4n) is 2.25. The van der Waals surface area contributed by atoms with Crippen LogP contribution in [0.4, 0.5) is 0 Å². The fraction of sp³-hybridized carbons (Fsp3) is 0.600. The average Bonchev–Trinajstić information content (AvgIpc) is 2.47. The Hall–Kier alpha value is -1.14. The maximum absolute atomic E-state index is 11.3. The molecule has 0 radical (unpaired) electrons. The Bertz CT molecular complexity index is 493. The molecule has 5 nitrogen and oxygen atoms in total. The van der Waals surface area contributed by atoms with E-state index >= 15 is 0 Å². The highest BCUT2D eigenvalue weighted by atomic mass is 79.9. The number of ether oxygens (including phenoxy) is 1. The number of carbonyl (C=O) groups is 1. The van der Waals surface area contributed by atoms with Crippen molar-refractivity contribution >= 4 is 22.3 Å². The van der Waals surface area contributed by atoms with E-state index < -0.39 is 0 Å². The average molecular weight is 360 g/mol. The normalized spacial score (nSPS) is 21.1. The Kier molecular flexibility index (Phi) is 7.67. The van der Waals surface area contributed by atoms with Crippen molar-refractivity contribution in [1.29, 1.82) is 0 Å². The highest BCUT2D eigenvalue weighted by Crippen LogP contribution is 2.33. The van der Waals surface area contributed by atoms with E-state index in [2.05, 4.69) is 15.9 Å². The van der Waals surface area contributed by atoms with E-state index in [1.165, 1.54) is 11.0 Å². The van der Waals surface area contributed by atoms with E-state index in [1.54, 1.807) is 21.2 Å². The number of amides is 1. The minimum Gasteiger partial charge on any atom is -0.428 e. The van der Waals surface area contributed by atoms with Gasteiger partial charge in [0.1, 0.15) is 5.76 Å². The van der Waals surface area contributed by atoms with Gasteiger partial charge in [-0.3, -0.25) is 4.79 Å². The number of rotatable bonds is 3. The third-order valence-electron chi connectivity index (χ3n) is 3.38. The lowest BCUT2D eigenvalue weighted by Gasteiger charge is -2.26. The molecule has 6 heteroatoms. The van der Waals surface area contributed by atoms with Crippen molar-refractivity contribution in [1.82, 2.24) is 4.90 Å². The monoisotopic (exact) mass is 359 g/mol. The summed E-state index contributed by atoms with van der Waals surface area (Å²) in [5.74, 6) is 1.16. The van der Waals surface area contributed by atoms with Crippen molar-refractivity contribution in [2.45, 2.75) is 37.7 Å². The van der Waals surface area contributed by atoms with E-state index in [9.17, 15) is 9.59 Å². The topological polar surface area (TPSA) is 59.8 Å². The van der Waals surface area contributed by atoms with Crippen molar-refractivity contribution in [2.24, 2.45) is 0 Å². The fourth-order valence-corrected chi connectivity index (χ4v) is 2.66. The zero-order chi connectivity index (χ0) is 15.8. The highest BCUT2D eigenvalue weighted by molar-refractivity contribution is 9.10. The van der Waals surface area contributed by atoms with Crippen LogP contribution in [-0.4, -0.2) is 38.6 Å². The molecular weight excluding hydrogens is 338 g/mol.